The Labute approximate surface area is 204 Å². The fourth-order valence-electron chi connectivity index (χ4n) is 4.45. The van der Waals surface area contributed by atoms with Crippen LogP contribution in [0.3, 0.4) is 0 Å². The lowest BCUT2D eigenvalue weighted by Crippen LogP contribution is -2.30. The second-order valence-corrected chi connectivity index (χ2v) is 9.35. The van der Waals surface area contributed by atoms with Crippen molar-refractivity contribution in [2.45, 2.75) is 31.8 Å². The van der Waals surface area contributed by atoms with Crippen LogP contribution in [0.2, 0.25) is 5.02 Å². The SMILES string of the molecule is CC(C)c1ccc(N2C(=S)N[C@H](c3ccccn3)[C@@H]2c2cccn2-c2cccc(Cl)c2)cc1. The Morgan fingerprint density at radius 2 is 1.76 bits per heavy atom. The molecule has 33 heavy (non-hydrogen) atoms. The van der Waals surface area contributed by atoms with E-state index < -0.39 is 0 Å². The highest BCUT2D eigenvalue weighted by Crippen LogP contribution is 2.42. The Bertz CT molecular complexity index is 1270. The minimum atomic E-state index is -0.101. The summed E-state index contributed by atoms with van der Waals surface area (Å²) in [5.41, 5.74) is 5.42. The molecule has 1 aliphatic rings. The van der Waals surface area contributed by atoms with Gasteiger partial charge in [-0.1, -0.05) is 49.7 Å². The van der Waals surface area contributed by atoms with Gasteiger partial charge in [-0.25, -0.2) is 0 Å². The summed E-state index contributed by atoms with van der Waals surface area (Å²) in [5, 5.41) is 4.93. The van der Waals surface area contributed by atoms with E-state index in [4.69, 9.17) is 23.8 Å². The molecular weight excluding hydrogens is 448 g/mol. The maximum atomic E-state index is 6.32. The lowest BCUT2D eigenvalue weighted by molar-refractivity contribution is 0.549. The van der Waals surface area contributed by atoms with E-state index in [0.717, 1.165) is 22.8 Å². The molecule has 4 nitrogen and oxygen atoms in total. The molecule has 2 aromatic heterocycles. The Balaban J connectivity index is 1.64. The van der Waals surface area contributed by atoms with E-state index >= 15 is 0 Å². The molecule has 1 aliphatic heterocycles. The van der Waals surface area contributed by atoms with Gasteiger partial charge in [-0.2, -0.15) is 0 Å². The number of nitrogens with one attached hydrogen (secondary N) is 1. The van der Waals surface area contributed by atoms with Gasteiger partial charge in [0, 0.05) is 34.5 Å². The van der Waals surface area contributed by atoms with Crippen LogP contribution in [0.1, 0.15) is 48.8 Å². The normalized spacial score (nSPS) is 18.1. The van der Waals surface area contributed by atoms with Crippen molar-refractivity contribution in [2.24, 2.45) is 0 Å². The highest BCUT2D eigenvalue weighted by Gasteiger charge is 2.42. The molecule has 2 atom stereocenters. The van der Waals surface area contributed by atoms with Crippen LogP contribution < -0.4 is 10.2 Å². The largest absolute Gasteiger partial charge is 0.351 e. The third-order valence-electron chi connectivity index (χ3n) is 6.11. The monoisotopic (exact) mass is 472 g/mol. The first-order valence-corrected chi connectivity index (χ1v) is 11.9. The summed E-state index contributed by atoms with van der Waals surface area (Å²) in [5.74, 6) is 0.472. The van der Waals surface area contributed by atoms with Crippen LogP contribution in [0.25, 0.3) is 5.69 Å². The summed E-state index contributed by atoms with van der Waals surface area (Å²) in [4.78, 5) is 6.86. The maximum Gasteiger partial charge on any atom is 0.174 e. The van der Waals surface area contributed by atoms with Crippen LogP contribution in [0, 0.1) is 0 Å². The summed E-state index contributed by atoms with van der Waals surface area (Å²) >= 11 is 12.2. The predicted molar refractivity (Wildman–Crippen MR) is 139 cm³/mol. The number of aromatic nitrogens is 2. The summed E-state index contributed by atoms with van der Waals surface area (Å²) in [7, 11) is 0. The van der Waals surface area contributed by atoms with E-state index in [1.54, 1.807) is 0 Å². The zero-order valence-corrected chi connectivity index (χ0v) is 20.1. The van der Waals surface area contributed by atoms with Gasteiger partial charge in [0.05, 0.1) is 11.7 Å². The van der Waals surface area contributed by atoms with Gasteiger partial charge in [0.25, 0.3) is 0 Å². The number of hydrogen-bond donors (Lipinski definition) is 1. The fourth-order valence-corrected chi connectivity index (χ4v) is 4.98. The molecule has 0 unspecified atom stereocenters. The van der Waals surface area contributed by atoms with Crippen LogP contribution in [-0.2, 0) is 0 Å². The average molecular weight is 473 g/mol. The van der Waals surface area contributed by atoms with Crippen molar-refractivity contribution in [2.75, 3.05) is 4.90 Å². The van der Waals surface area contributed by atoms with Crippen LogP contribution in [0.4, 0.5) is 5.69 Å². The summed E-state index contributed by atoms with van der Waals surface area (Å²) in [6, 6.07) is 26.6. The number of pyridine rings is 1. The fraction of sp³-hybridized carbons (Fsp3) is 0.185. The molecule has 166 valence electrons. The Morgan fingerprint density at radius 1 is 0.939 bits per heavy atom. The Morgan fingerprint density at radius 3 is 2.45 bits per heavy atom. The second-order valence-electron chi connectivity index (χ2n) is 8.53. The molecule has 0 amide bonds. The van der Waals surface area contributed by atoms with Gasteiger partial charge in [-0.3, -0.25) is 4.98 Å². The van der Waals surface area contributed by atoms with E-state index in [2.05, 4.69) is 82.3 Å². The zero-order chi connectivity index (χ0) is 22.9. The van der Waals surface area contributed by atoms with Crippen LogP contribution in [-0.4, -0.2) is 14.7 Å². The van der Waals surface area contributed by atoms with Crippen molar-refractivity contribution in [3.05, 3.63) is 113 Å². The second kappa shape index (κ2) is 9.00. The molecule has 0 bridgehead atoms. The number of halogens is 1. The highest BCUT2D eigenvalue weighted by molar-refractivity contribution is 7.80. The lowest BCUT2D eigenvalue weighted by Gasteiger charge is -2.29. The Kier molecular flexibility index (Phi) is 5.92. The minimum Gasteiger partial charge on any atom is -0.351 e. The molecule has 1 N–H and O–H groups in total. The van der Waals surface area contributed by atoms with Crippen molar-refractivity contribution >= 4 is 34.6 Å². The zero-order valence-electron chi connectivity index (χ0n) is 18.5. The molecule has 4 aromatic rings. The molecule has 2 aromatic carbocycles. The van der Waals surface area contributed by atoms with Crippen molar-refractivity contribution in [3.8, 4) is 5.69 Å². The van der Waals surface area contributed by atoms with Gasteiger partial charge >= 0.3 is 0 Å². The number of thiocarbonyl (C=S) groups is 1. The molecule has 1 saturated heterocycles. The predicted octanol–water partition coefficient (Wildman–Crippen LogP) is 6.83. The van der Waals surface area contributed by atoms with Crippen LogP contribution >= 0.6 is 23.8 Å². The molecule has 5 rings (SSSR count). The molecule has 3 heterocycles. The van der Waals surface area contributed by atoms with Gasteiger partial charge in [0.2, 0.25) is 0 Å². The smallest absolute Gasteiger partial charge is 0.174 e. The summed E-state index contributed by atoms with van der Waals surface area (Å²) < 4.78 is 2.18. The highest BCUT2D eigenvalue weighted by atomic mass is 35.5. The van der Waals surface area contributed by atoms with Crippen molar-refractivity contribution in [3.63, 3.8) is 0 Å². The first-order valence-electron chi connectivity index (χ1n) is 11.1. The van der Waals surface area contributed by atoms with E-state index in [-0.39, 0.29) is 12.1 Å². The average Bonchev–Trinajstić information content (AvgIpc) is 3.44. The number of anilines is 1. The van der Waals surface area contributed by atoms with Crippen LogP contribution in [0.5, 0.6) is 0 Å². The lowest BCUT2D eigenvalue weighted by atomic mass is 9.99. The molecule has 0 saturated carbocycles. The number of hydrogen-bond acceptors (Lipinski definition) is 2. The first-order chi connectivity index (χ1) is 16.0. The van der Waals surface area contributed by atoms with E-state index in [0.29, 0.717) is 16.1 Å². The van der Waals surface area contributed by atoms with E-state index in [9.17, 15) is 0 Å². The first kappa shape index (κ1) is 21.7. The molecule has 0 radical (unpaired) electrons. The van der Waals surface area contributed by atoms with Crippen molar-refractivity contribution in [1.82, 2.24) is 14.9 Å². The molecular formula is C27H25ClN4S. The van der Waals surface area contributed by atoms with E-state index in [1.165, 1.54) is 5.56 Å². The molecule has 6 heteroatoms. The quantitative estimate of drug-likeness (QED) is 0.323. The standard InChI is InChI=1S/C27H25ClN4S/c1-18(2)19-11-13-21(14-12-19)32-26(25(30-27(32)33)23-9-3-4-15-29-23)24-10-6-16-31(24)22-8-5-7-20(28)17-22/h3-18,25-26H,1-2H3,(H,30,33)/t25-,26+/m1/s1. The summed E-state index contributed by atoms with van der Waals surface area (Å²) in [6.45, 7) is 4.41. The van der Waals surface area contributed by atoms with Crippen molar-refractivity contribution < 1.29 is 0 Å². The van der Waals surface area contributed by atoms with Gasteiger partial charge < -0.3 is 14.8 Å². The topological polar surface area (TPSA) is 33.1 Å². The molecule has 0 aliphatic carbocycles. The third kappa shape index (κ3) is 4.14. The molecule has 0 spiro atoms. The van der Waals surface area contributed by atoms with Gasteiger partial charge in [-0.05, 0) is 78.3 Å². The van der Waals surface area contributed by atoms with Crippen LogP contribution in [0.15, 0.2) is 91.3 Å². The third-order valence-corrected chi connectivity index (χ3v) is 6.66. The van der Waals surface area contributed by atoms with Gasteiger partial charge in [-0.15, -0.1) is 0 Å². The minimum absolute atomic E-state index is 0.0914. The molecule has 1 fully saturated rings. The summed E-state index contributed by atoms with van der Waals surface area (Å²) in [6.07, 6.45) is 3.89. The van der Waals surface area contributed by atoms with Gasteiger partial charge in [0.15, 0.2) is 5.11 Å². The number of benzene rings is 2. The Hall–Kier alpha value is -3.15. The number of nitrogens with zero attached hydrogens (tertiary/aromatic N) is 3. The van der Waals surface area contributed by atoms with Crippen molar-refractivity contribution in [1.29, 1.82) is 0 Å². The number of rotatable bonds is 5. The maximum absolute atomic E-state index is 6.32. The van der Waals surface area contributed by atoms with E-state index in [1.807, 2.05) is 42.6 Å². The van der Waals surface area contributed by atoms with Gasteiger partial charge in [0.1, 0.15) is 6.04 Å².